The molecule has 0 aliphatic rings. The van der Waals surface area contributed by atoms with Gasteiger partial charge in [-0.15, -0.1) is 0 Å². The zero-order valence-electron chi connectivity index (χ0n) is 8.43. The molecular weight excluding hydrogens is 152 g/mol. The summed E-state index contributed by atoms with van der Waals surface area (Å²) >= 11 is 0. The Morgan fingerprint density at radius 1 is 1.42 bits per heavy atom. The monoisotopic (exact) mass is 172 g/mol. The summed E-state index contributed by atoms with van der Waals surface area (Å²) in [6.07, 6.45) is 4.95. The van der Waals surface area contributed by atoms with Crippen LogP contribution in [0.25, 0.3) is 0 Å². The molecule has 0 fully saturated rings. The summed E-state index contributed by atoms with van der Waals surface area (Å²) in [6.45, 7) is 6.35. The molecule has 0 aliphatic heterocycles. The Balaban J connectivity index is 3.21. The van der Waals surface area contributed by atoms with Gasteiger partial charge in [-0.3, -0.25) is 4.79 Å². The van der Waals surface area contributed by atoms with E-state index in [1.165, 1.54) is 32.6 Å². The van der Waals surface area contributed by atoms with Crippen molar-refractivity contribution < 1.29 is 9.53 Å². The second-order valence-corrected chi connectivity index (χ2v) is 3.40. The second-order valence-electron chi connectivity index (χ2n) is 3.40. The summed E-state index contributed by atoms with van der Waals surface area (Å²) in [5, 5.41) is 0. The number of carbonyl (C=O) groups is 1. The zero-order chi connectivity index (χ0) is 9.40. The third-order valence-corrected chi connectivity index (χ3v) is 1.87. The number of unbranched alkanes of at least 4 members (excludes halogenated alkanes) is 2. The standard InChI is InChI=1S/C10H20O2/c1-4-5-6-7-9(2)8-12-10(3)11/h9H,4-8H2,1-3H3. The fraction of sp³-hybridized carbons (Fsp3) is 0.900. The lowest BCUT2D eigenvalue weighted by atomic mass is 10.0. The van der Waals surface area contributed by atoms with Gasteiger partial charge in [-0.2, -0.15) is 0 Å². The molecule has 0 aliphatic carbocycles. The molecular formula is C10H20O2. The van der Waals surface area contributed by atoms with Crippen molar-refractivity contribution in [3.05, 3.63) is 0 Å². The largest absolute Gasteiger partial charge is 0.466 e. The number of ether oxygens (including phenoxy) is 1. The molecule has 0 amide bonds. The molecule has 0 radical (unpaired) electrons. The Kier molecular flexibility index (Phi) is 6.82. The maximum absolute atomic E-state index is 10.5. The maximum atomic E-state index is 10.5. The molecule has 0 spiro atoms. The van der Waals surface area contributed by atoms with E-state index in [9.17, 15) is 4.79 Å². The topological polar surface area (TPSA) is 26.3 Å². The van der Waals surface area contributed by atoms with Gasteiger partial charge in [-0.25, -0.2) is 0 Å². The molecule has 2 nitrogen and oxygen atoms in total. The molecule has 0 N–H and O–H groups in total. The highest BCUT2D eigenvalue weighted by Crippen LogP contribution is 2.09. The number of rotatable bonds is 6. The number of esters is 1. The molecule has 1 atom stereocenters. The van der Waals surface area contributed by atoms with Crippen molar-refractivity contribution in [3.8, 4) is 0 Å². The van der Waals surface area contributed by atoms with Gasteiger partial charge in [0.15, 0.2) is 0 Å². The highest BCUT2D eigenvalue weighted by atomic mass is 16.5. The molecule has 0 saturated heterocycles. The van der Waals surface area contributed by atoms with E-state index in [0.29, 0.717) is 12.5 Å². The third kappa shape index (κ3) is 7.58. The summed E-state index contributed by atoms with van der Waals surface area (Å²) < 4.78 is 4.90. The van der Waals surface area contributed by atoms with E-state index < -0.39 is 0 Å². The SMILES string of the molecule is CCCCCC(C)COC(C)=O. The van der Waals surface area contributed by atoms with Gasteiger partial charge in [0, 0.05) is 6.92 Å². The van der Waals surface area contributed by atoms with Crippen molar-refractivity contribution >= 4 is 5.97 Å². The number of hydrogen-bond donors (Lipinski definition) is 0. The minimum atomic E-state index is -0.169. The van der Waals surface area contributed by atoms with Crippen LogP contribution in [0.1, 0.15) is 46.5 Å². The number of carbonyl (C=O) groups excluding carboxylic acids is 1. The molecule has 0 heterocycles. The lowest BCUT2D eigenvalue weighted by Gasteiger charge is -2.09. The fourth-order valence-electron chi connectivity index (χ4n) is 1.09. The lowest BCUT2D eigenvalue weighted by molar-refractivity contribution is -0.142. The molecule has 0 saturated carbocycles. The van der Waals surface area contributed by atoms with E-state index >= 15 is 0 Å². The molecule has 0 aromatic carbocycles. The molecule has 2 heteroatoms. The normalized spacial score (nSPS) is 12.6. The van der Waals surface area contributed by atoms with Gasteiger partial charge < -0.3 is 4.74 Å². The maximum Gasteiger partial charge on any atom is 0.302 e. The molecule has 1 unspecified atom stereocenters. The fourth-order valence-corrected chi connectivity index (χ4v) is 1.09. The Bertz CT molecular complexity index is 121. The van der Waals surface area contributed by atoms with Crippen LogP contribution >= 0.6 is 0 Å². The van der Waals surface area contributed by atoms with Crippen LogP contribution in [0.3, 0.4) is 0 Å². The first-order chi connectivity index (χ1) is 5.66. The van der Waals surface area contributed by atoms with Gasteiger partial charge in [-0.05, 0) is 12.3 Å². The van der Waals surface area contributed by atoms with Gasteiger partial charge in [0.2, 0.25) is 0 Å². The summed E-state index contributed by atoms with van der Waals surface area (Å²) in [6, 6.07) is 0. The molecule has 72 valence electrons. The van der Waals surface area contributed by atoms with Crippen LogP contribution in [-0.4, -0.2) is 12.6 Å². The van der Waals surface area contributed by atoms with Crippen molar-refractivity contribution in [2.45, 2.75) is 46.5 Å². The van der Waals surface area contributed by atoms with E-state index in [4.69, 9.17) is 4.74 Å². The Morgan fingerprint density at radius 2 is 2.08 bits per heavy atom. The smallest absolute Gasteiger partial charge is 0.302 e. The zero-order valence-corrected chi connectivity index (χ0v) is 8.43. The van der Waals surface area contributed by atoms with E-state index in [1.807, 2.05) is 0 Å². The van der Waals surface area contributed by atoms with Crippen LogP contribution in [0, 0.1) is 5.92 Å². The van der Waals surface area contributed by atoms with E-state index in [0.717, 1.165) is 0 Å². The van der Waals surface area contributed by atoms with E-state index in [1.54, 1.807) is 0 Å². The van der Waals surface area contributed by atoms with Crippen LogP contribution in [-0.2, 0) is 9.53 Å². The van der Waals surface area contributed by atoms with Crippen molar-refractivity contribution in [2.75, 3.05) is 6.61 Å². The second kappa shape index (κ2) is 7.14. The van der Waals surface area contributed by atoms with Crippen molar-refractivity contribution in [2.24, 2.45) is 5.92 Å². The molecule has 0 aromatic rings. The Labute approximate surface area is 75.3 Å². The Hall–Kier alpha value is -0.530. The molecule has 12 heavy (non-hydrogen) atoms. The van der Waals surface area contributed by atoms with Gasteiger partial charge in [0.1, 0.15) is 0 Å². The van der Waals surface area contributed by atoms with Gasteiger partial charge in [-0.1, -0.05) is 33.1 Å². The highest BCUT2D eigenvalue weighted by Gasteiger charge is 2.02. The average Bonchev–Trinajstić information content (AvgIpc) is 2.01. The van der Waals surface area contributed by atoms with Crippen molar-refractivity contribution in [3.63, 3.8) is 0 Å². The first kappa shape index (κ1) is 11.5. The summed E-state index contributed by atoms with van der Waals surface area (Å²) in [4.78, 5) is 10.5. The number of hydrogen-bond acceptors (Lipinski definition) is 2. The molecule has 0 aromatic heterocycles. The van der Waals surface area contributed by atoms with E-state index in [-0.39, 0.29) is 5.97 Å². The first-order valence-corrected chi connectivity index (χ1v) is 4.80. The van der Waals surface area contributed by atoms with Gasteiger partial charge in [0.05, 0.1) is 6.61 Å². The lowest BCUT2D eigenvalue weighted by Crippen LogP contribution is -2.09. The van der Waals surface area contributed by atoms with Gasteiger partial charge in [0.25, 0.3) is 0 Å². The van der Waals surface area contributed by atoms with E-state index in [2.05, 4.69) is 13.8 Å². The Morgan fingerprint density at radius 3 is 2.58 bits per heavy atom. The third-order valence-electron chi connectivity index (χ3n) is 1.87. The molecule has 0 bridgehead atoms. The average molecular weight is 172 g/mol. The minimum absolute atomic E-state index is 0.169. The van der Waals surface area contributed by atoms with Crippen LogP contribution in [0.2, 0.25) is 0 Å². The highest BCUT2D eigenvalue weighted by molar-refractivity contribution is 5.65. The predicted molar refractivity (Wildman–Crippen MR) is 49.9 cm³/mol. The van der Waals surface area contributed by atoms with Crippen LogP contribution in [0.4, 0.5) is 0 Å². The quantitative estimate of drug-likeness (QED) is 0.455. The predicted octanol–water partition coefficient (Wildman–Crippen LogP) is 2.77. The molecule has 0 rings (SSSR count). The first-order valence-electron chi connectivity index (χ1n) is 4.80. The summed E-state index contributed by atoms with van der Waals surface area (Å²) in [7, 11) is 0. The summed E-state index contributed by atoms with van der Waals surface area (Å²) in [5.74, 6) is 0.345. The summed E-state index contributed by atoms with van der Waals surface area (Å²) in [5.41, 5.74) is 0. The van der Waals surface area contributed by atoms with Gasteiger partial charge >= 0.3 is 5.97 Å². The van der Waals surface area contributed by atoms with Crippen LogP contribution in [0.15, 0.2) is 0 Å². The van der Waals surface area contributed by atoms with Crippen molar-refractivity contribution in [1.82, 2.24) is 0 Å². The van der Waals surface area contributed by atoms with Crippen LogP contribution < -0.4 is 0 Å². The van der Waals surface area contributed by atoms with Crippen molar-refractivity contribution in [1.29, 1.82) is 0 Å². The minimum Gasteiger partial charge on any atom is -0.466 e. The van der Waals surface area contributed by atoms with Crippen LogP contribution in [0.5, 0.6) is 0 Å².